The van der Waals surface area contributed by atoms with Crippen LogP contribution < -0.4 is 9.64 Å². The topological polar surface area (TPSA) is 49.9 Å². The summed E-state index contributed by atoms with van der Waals surface area (Å²) in [5.41, 5.74) is 0.946. The predicted molar refractivity (Wildman–Crippen MR) is 113 cm³/mol. The summed E-state index contributed by atoms with van der Waals surface area (Å²) in [6.07, 6.45) is -3.59. The molecule has 0 N–H and O–H groups in total. The van der Waals surface area contributed by atoms with E-state index in [1.165, 1.54) is 24.3 Å². The molecular formula is C24H24F4N2O3. The predicted octanol–water partition coefficient (Wildman–Crippen LogP) is 4.21. The molecule has 2 heterocycles. The first kappa shape index (κ1) is 23.1. The van der Waals surface area contributed by atoms with E-state index >= 15 is 0 Å². The Kier molecular flexibility index (Phi) is 6.07. The zero-order valence-electron chi connectivity index (χ0n) is 18.1. The second-order valence-electron chi connectivity index (χ2n) is 8.92. The van der Waals surface area contributed by atoms with Gasteiger partial charge in [-0.1, -0.05) is 19.1 Å². The summed E-state index contributed by atoms with van der Waals surface area (Å²) in [5.74, 6) is -0.877. The number of carbonyl (C=O) groups excluding carboxylic acids is 2. The minimum absolute atomic E-state index is 0.0730. The highest BCUT2D eigenvalue weighted by atomic mass is 19.4. The number of hydrogen-bond acceptors (Lipinski definition) is 3. The first-order valence-corrected chi connectivity index (χ1v) is 10.7. The lowest BCUT2D eigenvalue weighted by molar-refractivity contribution is -0.153. The third kappa shape index (κ3) is 5.12. The number of alkyl halides is 3. The van der Waals surface area contributed by atoms with Crippen LogP contribution in [0.4, 0.5) is 23.2 Å². The van der Waals surface area contributed by atoms with Gasteiger partial charge in [0.2, 0.25) is 11.8 Å². The van der Waals surface area contributed by atoms with Crippen LogP contribution in [0, 0.1) is 17.2 Å². The molecule has 2 amide bonds. The fraction of sp³-hybridized carbons (Fsp3) is 0.417. The number of likely N-dealkylation sites (tertiary alicyclic amines) is 1. The third-order valence-corrected chi connectivity index (χ3v) is 6.44. The van der Waals surface area contributed by atoms with Crippen molar-refractivity contribution in [3.05, 3.63) is 59.9 Å². The lowest BCUT2D eigenvalue weighted by atomic mass is 9.73. The lowest BCUT2D eigenvalue weighted by Gasteiger charge is -2.40. The molecule has 0 bridgehead atoms. The van der Waals surface area contributed by atoms with Gasteiger partial charge in [-0.15, -0.1) is 0 Å². The Morgan fingerprint density at radius 3 is 2.42 bits per heavy atom. The fourth-order valence-electron chi connectivity index (χ4n) is 4.57. The van der Waals surface area contributed by atoms with Gasteiger partial charge in [0.15, 0.2) is 6.61 Å². The largest absolute Gasteiger partial charge is 0.484 e. The van der Waals surface area contributed by atoms with E-state index in [2.05, 4.69) is 0 Å². The average Bonchev–Trinajstić information content (AvgIpc) is 3.13. The molecule has 2 saturated heterocycles. The van der Waals surface area contributed by atoms with Crippen LogP contribution in [-0.4, -0.2) is 49.1 Å². The number of amides is 2. The van der Waals surface area contributed by atoms with Gasteiger partial charge in [0, 0.05) is 30.7 Å². The zero-order valence-corrected chi connectivity index (χ0v) is 18.1. The molecule has 33 heavy (non-hydrogen) atoms. The van der Waals surface area contributed by atoms with Crippen molar-refractivity contribution in [3.8, 4) is 5.75 Å². The summed E-state index contributed by atoms with van der Waals surface area (Å²) >= 11 is 0. The molecule has 2 atom stereocenters. The van der Waals surface area contributed by atoms with Crippen LogP contribution in [0.1, 0.15) is 18.9 Å². The Bertz CT molecular complexity index is 1020. The van der Waals surface area contributed by atoms with Gasteiger partial charge in [0.25, 0.3) is 0 Å². The van der Waals surface area contributed by atoms with Gasteiger partial charge in [0.05, 0.1) is 12.3 Å². The molecule has 0 radical (unpaired) electrons. The summed E-state index contributed by atoms with van der Waals surface area (Å²) in [6, 6.07) is 11.7. The molecule has 0 aromatic heterocycles. The monoisotopic (exact) mass is 464 g/mol. The second-order valence-corrected chi connectivity index (χ2v) is 8.92. The van der Waals surface area contributed by atoms with Gasteiger partial charge in [-0.2, -0.15) is 13.2 Å². The van der Waals surface area contributed by atoms with E-state index in [1.807, 2.05) is 6.92 Å². The van der Waals surface area contributed by atoms with E-state index < -0.39 is 12.8 Å². The first-order valence-electron chi connectivity index (χ1n) is 10.7. The van der Waals surface area contributed by atoms with Crippen LogP contribution >= 0.6 is 0 Å². The maximum atomic E-state index is 13.3. The molecule has 0 saturated carbocycles. The molecule has 2 aromatic carbocycles. The van der Waals surface area contributed by atoms with E-state index in [-0.39, 0.29) is 41.1 Å². The number of halogens is 4. The molecule has 2 fully saturated rings. The number of nitrogens with zero attached hydrogens (tertiary/aromatic N) is 2. The summed E-state index contributed by atoms with van der Waals surface area (Å²) in [7, 11) is 0. The number of hydrogen-bond donors (Lipinski definition) is 0. The molecule has 2 aliphatic heterocycles. The highest BCUT2D eigenvalue weighted by Gasteiger charge is 2.52. The van der Waals surface area contributed by atoms with Crippen molar-refractivity contribution in [3.63, 3.8) is 0 Å². The van der Waals surface area contributed by atoms with E-state index in [9.17, 15) is 27.2 Å². The molecule has 2 aromatic rings. The Balaban J connectivity index is 1.41. The van der Waals surface area contributed by atoms with Gasteiger partial charge >= 0.3 is 6.18 Å². The van der Waals surface area contributed by atoms with Crippen molar-refractivity contribution in [1.82, 2.24) is 4.90 Å². The van der Waals surface area contributed by atoms with Gasteiger partial charge in [-0.3, -0.25) is 9.59 Å². The first-order chi connectivity index (χ1) is 15.5. The molecule has 9 heteroatoms. The maximum absolute atomic E-state index is 13.3. The normalized spacial score (nSPS) is 22.9. The van der Waals surface area contributed by atoms with E-state index in [4.69, 9.17) is 4.74 Å². The molecule has 0 unspecified atom stereocenters. The van der Waals surface area contributed by atoms with Crippen LogP contribution in [0.3, 0.4) is 0 Å². The van der Waals surface area contributed by atoms with E-state index in [1.54, 1.807) is 34.1 Å². The van der Waals surface area contributed by atoms with Gasteiger partial charge in [-0.25, -0.2) is 4.39 Å². The third-order valence-electron chi connectivity index (χ3n) is 6.44. The second kappa shape index (κ2) is 8.68. The molecule has 5 nitrogen and oxygen atoms in total. The van der Waals surface area contributed by atoms with Crippen LogP contribution in [0.2, 0.25) is 0 Å². The minimum Gasteiger partial charge on any atom is -0.484 e. The standard InChI is InChI=1S/C24H24F4N2O3/c1-23-10-11-30(18-6-8-19(9-7-18)33-15-24(26,27)28)22(32)20(23)13-29(14-23)21(31)12-16-2-4-17(25)5-3-16/h2-9,20H,10-15H2,1H3/t20-,23-/m1/s1. The molecule has 176 valence electrons. The van der Waals surface area contributed by atoms with Crippen molar-refractivity contribution in [1.29, 1.82) is 0 Å². The smallest absolute Gasteiger partial charge is 0.422 e. The number of anilines is 1. The Morgan fingerprint density at radius 1 is 1.12 bits per heavy atom. The van der Waals surface area contributed by atoms with Crippen molar-refractivity contribution in [2.24, 2.45) is 11.3 Å². The van der Waals surface area contributed by atoms with E-state index in [0.717, 1.165) is 0 Å². The van der Waals surface area contributed by atoms with Crippen LogP contribution in [0.15, 0.2) is 48.5 Å². The van der Waals surface area contributed by atoms with Crippen molar-refractivity contribution < 1.29 is 31.9 Å². The maximum Gasteiger partial charge on any atom is 0.422 e. The number of fused-ring (bicyclic) bond motifs is 1. The Morgan fingerprint density at radius 2 is 1.79 bits per heavy atom. The molecule has 0 spiro atoms. The SMILES string of the molecule is C[C@]12CCN(c3ccc(OCC(F)(F)F)cc3)C(=O)[C@H]1CN(C(=O)Cc1ccc(F)cc1)C2. The van der Waals surface area contributed by atoms with Gasteiger partial charge in [0.1, 0.15) is 11.6 Å². The van der Waals surface area contributed by atoms with E-state index in [0.29, 0.717) is 37.3 Å². The van der Waals surface area contributed by atoms with Crippen LogP contribution in [0.5, 0.6) is 5.75 Å². The summed E-state index contributed by atoms with van der Waals surface area (Å²) in [5, 5.41) is 0. The van der Waals surface area contributed by atoms with Crippen molar-refractivity contribution >= 4 is 17.5 Å². The summed E-state index contributed by atoms with van der Waals surface area (Å²) in [4.78, 5) is 29.4. The van der Waals surface area contributed by atoms with Crippen LogP contribution in [-0.2, 0) is 16.0 Å². The van der Waals surface area contributed by atoms with Gasteiger partial charge in [-0.05, 0) is 48.4 Å². The highest BCUT2D eigenvalue weighted by Crippen LogP contribution is 2.44. The van der Waals surface area contributed by atoms with Crippen molar-refractivity contribution in [2.75, 3.05) is 31.1 Å². The lowest BCUT2D eigenvalue weighted by Crippen LogP contribution is -2.50. The molecule has 2 aliphatic rings. The van der Waals surface area contributed by atoms with Crippen molar-refractivity contribution in [2.45, 2.75) is 25.9 Å². The zero-order chi connectivity index (χ0) is 23.8. The van der Waals surface area contributed by atoms with Gasteiger partial charge < -0.3 is 14.5 Å². The Labute approximate surface area is 188 Å². The summed E-state index contributed by atoms with van der Waals surface area (Å²) in [6.45, 7) is 1.86. The number of ether oxygens (including phenoxy) is 1. The quantitative estimate of drug-likeness (QED) is 0.623. The molecule has 4 rings (SSSR count). The molecule has 0 aliphatic carbocycles. The Hall–Kier alpha value is -3.10. The fourth-order valence-corrected chi connectivity index (χ4v) is 4.57. The number of rotatable bonds is 5. The minimum atomic E-state index is -4.42. The molecular weight excluding hydrogens is 440 g/mol. The number of carbonyl (C=O) groups is 2. The number of benzene rings is 2. The highest BCUT2D eigenvalue weighted by molar-refractivity contribution is 5.97. The van der Waals surface area contributed by atoms with Crippen LogP contribution in [0.25, 0.3) is 0 Å². The number of piperidine rings is 1. The summed E-state index contributed by atoms with van der Waals surface area (Å²) < 4.78 is 54.8. The average molecular weight is 464 g/mol.